The highest BCUT2D eigenvalue weighted by molar-refractivity contribution is 5.92. The van der Waals surface area contributed by atoms with Gasteiger partial charge >= 0.3 is 0 Å². The number of nitrogens with two attached hydrogens (primary N) is 1. The summed E-state index contributed by atoms with van der Waals surface area (Å²) in [4.78, 5) is 6.74. The average Bonchev–Trinajstić information content (AvgIpc) is 2.97. The minimum Gasteiger partial charge on any atom is -0.393 e. The molecule has 0 atom stereocenters. The van der Waals surface area contributed by atoms with E-state index < -0.39 is 0 Å². The number of fused-ring (bicyclic) bond motifs is 1. The summed E-state index contributed by atoms with van der Waals surface area (Å²) in [6.45, 7) is 3.50. The number of rotatable bonds is 4. The second-order valence-electron chi connectivity index (χ2n) is 6.30. The quantitative estimate of drug-likeness (QED) is 0.580. The van der Waals surface area contributed by atoms with E-state index in [1.165, 1.54) is 30.4 Å². The lowest BCUT2D eigenvalue weighted by Gasteiger charge is -2.28. The van der Waals surface area contributed by atoms with Crippen molar-refractivity contribution in [2.24, 2.45) is 10.7 Å². The molecule has 4 N–H and O–H groups in total. The third-order valence-electron chi connectivity index (χ3n) is 4.63. The second kappa shape index (κ2) is 7.11. The molecular weight excluding hydrogens is 276 g/mol. The number of anilines is 1. The third kappa shape index (κ3) is 3.99. The topological polar surface area (TPSA) is 73.9 Å². The zero-order chi connectivity index (χ0) is 15.4. The minimum absolute atomic E-state index is 0.119. The number of hydrogen-bond donors (Lipinski definition) is 3. The van der Waals surface area contributed by atoms with E-state index in [1.54, 1.807) is 0 Å². The number of nitrogens with zero attached hydrogens (tertiary/aromatic N) is 2. The minimum atomic E-state index is -0.119. The number of aliphatic hydroxyl groups is 1. The van der Waals surface area contributed by atoms with Crippen LogP contribution >= 0.6 is 0 Å². The smallest absolute Gasteiger partial charge is 0.193 e. The lowest BCUT2D eigenvalue weighted by atomic mass is 10.1. The molecule has 2 aliphatic rings. The van der Waals surface area contributed by atoms with Crippen molar-refractivity contribution in [3.05, 3.63) is 29.3 Å². The van der Waals surface area contributed by atoms with Crippen molar-refractivity contribution in [2.75, 3.05) is 31.5 Å². The van der Waals surface area contributed by atoms with Gasteiger partial charge in [0.15, 0.2) is 5.96 Å². The Bertz CT molecular complexity index is 535. The summed E-state index contributed by atoms with van der Waals surface area (Å²) in [5, 5.41) is 12.7. The molecule has 5 heteroatoms. The molecule has 1 fully saturated rings. The molecule has 22 heavy (non-hydrogen) atoms. The predicted molar refractivity (Wildman–Crippen MR) is 90.3 cm³/mol. The fraction of sp³-hybridized carbons (Fsp3) is 0.588. The number of hydrogen-bond acceptors (Lipinski definition) is 3. The van der Waals surface area contributed by atoms with Crippen molar-refractivity contribution in [1.29, 1.82) is 0 Å². The maximum absolute atomic E-state index is 9.49. The van der Waals surface area contributed by atoms with E-state index in [0.717, 1.165) is 38.2 Å². The van der Waals surface area contributed by atoms with Crippen molar-refractivity contribution in [3.8, 4) is 0 Å². The van der Waals surface area contributed by atoms with Gasteiger partial charge in [-0.25, -0.2) is 0 Å². The first-order valence-electron chi connectivity index (χ1n) is 8.30. The Balaban J connectivity index is 1.46. The number of aliphatic imine (C=N–C) groups is 1. The first-order valence-corrected chi connectivity index (χ1v) is 8.30. The summed E-state index contributed by atoms with van der Waals surface area (Å²) in [5.74, 6) is 0.481. The van der Waals surface area contributed by atoms with Crippen LogP contribution in [-0.4, -0.2) is 48.2 Å². The first-order chi connectivity index (χ1) is 10.7. The molecule has 3 rings (SSSR count). The van der Waals surface area contributed by atoms with Gasteiger partial charge in [-0.3, -0.25) is 4.99 Å². The highest BCUT2D eigenvalue weighted by Crippen LogP contribution is 2.24. The summed E-state index contributed by atoms with van der Waals surface area (Å²) in [6.07, 6.45) is 5.24. The van der Waals surface area contributed by atoms with Crippen LogP contribution in [0.15, 0.2) is 23.2 Å². The monoisotopic (exact) mass is 302 g/mol. The largest absolute Gasteiger partial charge is 0.393 e. The molecule has 0 spiro atoms. The Hall–Kier alpha value is -1.59. The fourth-order valence-electron chi connectivity index (χ4n) is 3.29. The van der Waals surface area contributed by atoms with Crippen LogP contribution in [0.25, 0.3) is 0 Å². The van der Waals surface area contributed by atoms with E-state index in [0.29, 0.717) is 12.5 Å². The number of guanidine groups is 1. The Labute approximate surface area is 132 Å². The fourth-order valence-corrected chi connectivity index (χ4v) is 3.29. The van der Waals surface area contributed by atoms with E-state index in [4.69, 9.17) is 5.73 Å². The van der Waals surface area contributed by atoms with E-state index in [2.05, 4.69) is 33.4 Å². The summed E-state index contributed by atoms with van der Waals surface area (Å²) >= 11 is 0. The first kappa shape index (κ1) is 15.3. The van der Waals surface area contributed by atoms with Gasteiger partial charge in [0.1, 0.15) is 0 Å². The lowest BCUT2D eigenvalue weighted by Crippen LogP contribution is -2.37. The molecule has 5 nitrogen and oxygen atoms in total. The standard InChI is InChI=1S/C17H26N4O/c18-17(19-8-11-21-9-6-16(22)7-10-21)20-15-5-4-13-2-1-3-14(13)12-15/h4-5,12,16,22H,1-3,6-11H2,(H3,18,19,20). The summed E-state index contributed by atoms with van der Waals surface area (Å²) in [6, 6.07) is 6.46. The normalized spacial score (nSPS) is 20.1. The molecule has 1 aliphatic heterocycles. The molecule has 0 aromatic heterocycles. The number of piperidine rings is 1. The van der Waals surface area contributed by atoms with Crippen LogP contribution in [-0.2, 0) is 12.8 Å². The average molecular weight is 302 g/mol. The van der Waals surface area contributed by atoms with Crippen LogP contribution in [0.1, 0.15) is 30.4 Å². The molecule has 0 unspecified atom stereocenters. The number of nitrogens with one attached hydrogen (secondary N) is 1. The van der Waals surface area contributed by atoms with Crippen LogP contribution < -0.4 is 11.1 Å². The molecule has 120 valence electrons. The molecule has 0 bridgehead atoms. The molecule has 1 aromatic rings. The molecule has 1 saturated heterocycles. The second-order valence-corrected chi connectivity index (χ2v) is 6.30. The van der Waals surface area contributed by atoms with E-state index in [9.17, 15) is 5.11 Å². The SMILES string of the molecule is NC(=NCCN1CCC(O)CC1)Nc1ccc2c(c1)CCC2. The highest BCUT2D eigenvalue weighted by Gasteiger charge is 2.16. The van der Waals surface area contributed by atoms with Crippen molar-refractivity contribution < 1.29 is 5.11 Å². The number of aryl methyl sites for hydroxylation is 2. The van der Waals surface area contributed by atoms with Gasteiger partial charge in [-0.05, 0) is 55.4 Å². The summed E-state index contributed by atoms with van der Waals surface area (Å²) in [5.41, 5.74) is 9.90. The van der Waals surface area contributed by atoms with Crippen LogP contribution in [0.3, 0.4) is 0 Å². The van der Waals surface area contributed by atoms with Crippen molar-refractivity contribution >= 4 is 11.6 Å². The number of aliphatic hydroxyl groups excluding tert-OH is 1. The molecule has 1 aromatic carbocycles. The van der Waals surface area contributed by atoms with Gasteiger partial charge in [0.25, 0.3) is 0 Å². The summed E-state index contributed by atoms with van der Waals surface area (Å²) < 4.78 is 0. The van der Waals surface area contributed by atoms with Crippen molar-refractivity contribution in [3.63, 3.8) is 0 Å². The van der Waals surface area contributed by atoms with Crippen LogP contribution in [0.2, 0.25) is 0 Å². The van der Waals surface area contributed by atoms with Gasteiger partial charge in [0.2, 0.25) is 0 Å². The Morgan fingerprint density at radius 3 is 2.86 bits per heavy atom. The molecular formula is C17H26N4O. The van der Waals surface area contributed by atoms with Crippen molar-refractivity contribution in [2.45, 2.75) is 38.2 Å². The van der Waals surface area contributed by atoms with Crippen LogP contribution in [0, 0.1) is 0 Å². The van der Waals surface area contributed by atoms with Crippen LogP contribution in [0.4, 0.5) is 5.69 Å². The molecule has 0 amide bonds. The number of likely N-dealkylation sites (tertiary alicyclic amines) is 1. The van der Waals surface area contributed by atoms with Crippen molar-refractivity contribution in [1.82, 2.24) is 4.90 Å². The van der Waals surface area contributed by atoms with Gasteiger partial charge in [-0.15, -0.1) is 0 Å². The highest BCUT2D eigenvalue weighted by atomic mass is 16.3. The zero-order valence-corrected chi connectivity index (χ0v) is 13.1. The molecule has 1 heterocycles. The lowest BCUT2D eigenvalue weighted by molar-refractivity contribution is 0.0841. The van der Waals surface area contributed by atoms with Crippen LogP contribution in [0.5, 0.6) is 0 Å². The van der Waals surface area contributed by atoms with Gasteiger partial charge in [-0.2, -0.15) is 0 Å². The summed E-state index contributed by atoms with van der Waals surface area (Å²) in [7, 11) is 0. The zero-order valence-electron chi connectivity index (χ0n) is 13.1. The van der Waals surface area contributed by atoms with Gasteiger partial charge in [-0.1, -0.05) is 6.07 Å². The Kier molecular flexibility index (Phi) is 4.95. The van der Waals surface area contributed by atoms with Gasteiger partial charge in [0.05, 0.1) is 12.6 Å². The van der Waals surface area contributed by atoms with Gasteiger partial charge in [0, 0.05) is 25.3 Å². The Morgan fingerprint density at radius 2 is 2.05 bits per heavy atom. The van der Waals surface area contributed by atoms with E-state index in [1.807, 2.05) is 0 Å². The molecule has 1 aliphatic carbocycles. The number of benzene rings is 1. The molecule has 0 radical (unpaired) electrons. The van der Waals surface area contributed by atoms with Gasteiger partial charge < -0.3 is 21.1 Å². The predicted octanol–water partition coefficient (Wildman–Crippen LogP) is 1.36. The third-order valence-corrected chi connectivity index (χ3v) is 4.63. The maximum atomic E-state index is 9.49. The van der Waals surface area contributed by atoms with E-state index >= 15 is 0 Å². The molecule has 0 saturated carbocycles. The Morgan fingerprint density at radius 1 is 1.27 bits per heavy atom. The van der Waals surface area contributed by atoms with E-state index in [-0.39, 0.29) is 6.10 Å². The maximum Gasteiger partial charge on any atom is 0.193 e.